The predicted octanol–water partition coefficient (Wildman–Crippen LogP) is 2.23. The Labute approximate surface area is 173 Å². The Hall–Kier alpha value is -2.07. The minimum atomic E-state index is 0. The highest BCUT2D eigenvalue weighted by Crippen LogP contribution is 2.30. The van der Waals surface area contributed by atoms with Crippen LogP contribution in [0.2, 0.25) is 10.0 Å². The molecule has 0 atom stereocenters. The summed E-state index contributed by atoms with van der Waals surface area (Å²) in [6.07, 6.45) is 0. The van der Waals surface area contributed by atoms with Gasteiger partial charge in [0, 0.05) is 21.5 Å². The lowest BCUT2D eigenvalue weighted by Gasteiger charge is -2.07. The maximum Gasteiger partial charge on any atom is 0.297 e. The van der Waals surface area contributed by atoms with E-state index in [4.69, 9.17) is 28.0 Å². The van der Waals surface area contributed by atoms with Crippen molar-refractivity contribution in [1.29, 1.82) is 0 Å². The van der Waals surface area contributed by atoms with Gasteiger partial charge >= 0.3 is 0 Å². The molecule has 0 spiro atoms. The Morgan fingerprint density at radius 3 is 2.22 bits per heavy atom. The van der Waals surface area contributed by atoms with E-state index in [-0.39, 0.29) is 12.4 Å². The molecule has 4 rings (SSSR count). The van der Waals surface area contributed by atoms with E-state index in [2.05, 4.69) is 5.10 Å². The minimum absolute atomic E-state index is 0. The zero-order valence-electron chi connectivity index (χ0n) is 14.8. The van der Waals surface area contributed by atoms with E-state index in [1.807, 2.05) is 68.4 Å². The van der Waals surface area contributed by atoms with E-state index in [1.54, 1.807) is 4.85 Å². The molecule has 27 heavy (non-hydrogen) atoms. The fourth-order valence-electron chi connectivity index (χ4n) is 2.97. The minimum Gasteiger partial charge on any atom is -1.00 e. The third kappa shape index (κ3) is 3.81. The first kappa shape index (κ1) is 19.7. The molecule has 0 aliphatic rings. The largest absolute Gasteiger partial charge is 1.00 e. The summed E-state index contributed by atoms with van der Waals surface area (Å²) in [4.78, 5) is 7.59. The summed E-state index contributed by atoms with van der Waals surface area (Å²) in [5.41, 5.74) is 4.69. The quantitative estimate of drug-likeness (QED) is 0.376. The van der Waals surface area contributed by atoms with Crippen molar-refractivity contribution in [3.63, 3.8) is 0 Å². The molecule has 0 fully saturated rings. The fourth-order valence-corrected chi connectivity index (χ4v) is 3.29. The Morgan fingerprint density at radius 1 is 0.889 bits per heavy atom. The van der Waals surface area contributed by atoms with Crippen LogP contribution in [-0.2, 0) is 6.61 Å². The van der Waals surface area contributed by atoms with E-state index < -0.39 is 0 Å². The highest BCUT2D eigenvalue weighted by molar-refractivity contribution is 6.33. The normalized spacial score (nSPS) is 10.8. The van der Waals surface area contributed by atoms with Gasteiger partial charge in [0.25, 0.3) is 5.52 Å². The zero-order chi connectivity index (χ0) is 18.3. The predicted molar refractivity (Wildman–Crippen MR) is 106 cm³/mol. The summed E-state index contributed by atoms with van der Waals surface area (Å²) in [5, 5.41) is 8.01. The maximum atomic E-state index is 6.38. The van der Waals surface area contributed by atoms with Crippen molar-refractivity contribution >= 4 is 45.0 Å². The highest BCUT2D eigenvalue weighted by atomic mass is 35.5. The molecule has 0 bridgehead atoms. The van der Waals surface area contributed by atoms with Gasteiger partial charge in [0.2, 0.25) is 0 Å². The highest BCUT2D eigenvalue weighted by Gasteiger charge is 2.20. The van der Waals surface area contributed by atoms with Crippen molar-refractivity contribution in [2.24, 2.45) is 0 Å². The van der Waals surface area contributed by atoms with Gasteiger partial charge in [-0.25, -0.2) is 4.84 Å². The summed E-state index contributed by atoms with van der Waals surface area (Å²) in [5.74, 6) is 0. The molecule has 1 heterocycles. The van der Waals surface area contributed by atoms with Crippen LogP contribution in [0.5, 0.6) is 0 Å². The molecule has 0 radical (unpaired) electrons. The molecular weight excluding hydrogens is 403 g/mol. The summed E-state index contributed by atoms with van der Waals surface area (Å²) in [6, 6.07) is 17.9. The molecule has 0 saturated heterocycles. The molecule has 6 heteroatoms. The number of fused-ring (bicyclic) bond motifs is 3. The number of aromatic nitrogens is 2. The lowest BCUT2D eigenvalue weighted by molar-refractivity contribution is -0.918. The van der Waals surface area contributed by atoms with Crippen molar-refractivity contribution in [2.75, 3.05) is 0 Å². The number of nitrogens with zero attached hydrogens (tertiary/aromatic N) is 2. The van der Waals surface area contributed by atoms with Gasteiger partial charge < -0.3 is 12.4 Å². The van der Waals surface area contributed by atoms with Crippen molar-refractivity contribution in [1.82, 2.24) is 5.10 Å². The molecule has 4 aromatic rings. The number of hydrogen-bond donors (Lipinski definition) is 0. The van der Waals surface area contributed by atoms with Crippen LogP contribution in [0.1, 0.15) is 16.7 Å². The number of halogens is 3. The molecule has 138 valence electrons. The van der Waals surface area contributed by atoms with Crippen molar-refractivity contribution in [2.45, 2.75) is 20.5 Å². The van der Waals surface area contributed by atoms with Crippen LogP contribution in [0.25, 0.3) is 21.8 Å². The molecule has 0 aliphatic heterocycles. The second-order valence-corrected chi connectivity index (χ2v) is 7.18. The van der Waals surface area contributed by atoms with Gasteiger partial charge in [-0.15, -0.1) is 0 Å². The third-order valence-electron chi connectivity index (χ3n) is 4.45. The standard InChI is InChI=1S/C21H17Cl2N2O.ClH/c1-13-8-20-16(10-18(13)22)17-11-19(23)14(2)9-21(17)25(24-20)26-12-15-6-4-3-5-7-15;/h3-11H,12H2,1-2H3;1H/q+1;/p-1. The number of benzene rings is 3. The van der Waals surface area contributed by atoms with Gasteiger partial charge in [-0.05, 0) is 48.7 Å². The fraction of sp³-hybridized carbons (Fsp3) is 0.143. The molecular formula is C21H17Cl3N2O. The van der Waals surface area contributed by atoms with Gasteiger partial charge in [0.05, 0.1) is 10.5 Å². The monoisotopic (exact) mass is 418 g/mol. The van der Waals surface area contributed by atoms with Crippen LogP contribution in [0.3, 0.4) is 0 Å². The first-order chi connectivity index (χ1) is 12.5. The summed E-state index contributed by atoms with van der Waals surface area (Å²) in [7, 11) is 0. The van der Waals surface area contributed by atoms with E-state index in [0.29, 0.717) is 16.7 Å². The van der Waals surface area contributed by atoms with Gasteiger partial charge in [-0.3, -0.25) is 0 Å². The van der Waals surface area contributed by atoms with Crippen LogP contribution >= 0.6 is 23.2 Å². The molecule has 0 amide bonds. The molecule has 1 aromatic heterocycles. The Bertz CT molecular complexity index is 1130. The molecule has 0 unspecified atom stereocenters. The van der Waals surface area contributed by atoms with Crippen molar-refractivity contribution in [3.05, 3.63) is 81.3 Å². The number of hydrogen-bond acceptors (Lipinski definition) is 2. The molecule has 0 aliphatic carbocycles. The Morgan fingerprint density at radius 2 is 1.52 bits per heavy atom. The number of aryl methyl sites for hydroxylation is 2. The molecule has 3 nitrogen and oxygen atoms in total. The lowest BCUT2D eigenvalue weighted by Crippen LogP contribution is -3.00. The van der Waals surface area contributed by atoms with Gasteiger partial charge in [0.15, 0.2) is 6.61 Å². The topological polar surface area (TPSA) is 26.0 Å². The third-order valence-corrected chi connectivity index (χ3v) is 5.26. The first-order valence-electron chi connectivity index (χ1n) is 8.32. The van der Waals surface area contributed by atoms with Crippen LogP contribution in [0, 0.1) is 13.8 Å². The van der Waals surface area contributed by atoms with Crippen LogP contribution in [0.4, 0.5) is 0 Å². The SMILES string of the molecule is Cc1cc2n[n+](OCc3ccccc3)c3cc(C)c(Cl)cc3c2cc1Cl.[Cl-]. The van der Waals surface area contributed by atoms with Crippen LogP contribution < -0.4 is 22.1 Å². The summed E-state index contributed by atoms with van der Waals surface area (Å²) >= 11 is 12.7. The molecule has 0 N–H and O–H groups in total. The van der Waals surface area contributed by atoms with Crippen molar-refractivity contribution < 1.29 is 22.1 Å². The average Bonchev–Trinajstić information content (AvgIpc) is 2.63. The van der Waals surface area contributed by atoms with Gasteiger partial charge in [0.1, 0.15) is 10.4 Å². The van der Waals surface area contributed by atoms with E-state index in [1.165, 1.54) is 0 Å². The average molecular weight is 420 g/mol. The summed E-state index contributed by atoms with van der Waals surface area (Å²) < 4.78 is 0. The van der Waals surface area contributed by atoms with Gasteiger partial charge in [-0.2, -0.15) is 0 Å². The van der Waals surface area contributed by atoms with E-state index >= 15 is 0 Å². The van der Waals surface area contributed by atoms with Crippen LogP contribution in [-0.4, -0.2) is 5.10 Å². The van der Waals surface area contributed by atoms with E-state index in [9.17, 15) is 0 Å². The smallest absolute Gasteiger partial charge is 0.297 e. The second kappa shape index (κ2) is 7.89. The van der Waals surface area contributed by atoms with Crippen LogP contribution in [0.15, 0.2) is 54.6 Å². The Balaban J connectivity index is 0.00000210. The zero-order valence-corrected chi connectivity index (χ0v) is 17.1. The van der Waals surface area contributed by atoms with Crippen molar-refractivity contribution in [3.8, 4) is 0 Å². The van der Waals surface area contributed by atoms with Gasteiger partial charge in [-0.1, -0.05) is 53.5 Å². The lowest BCUT2D eigenvalue weighted by atomic mass is 10.1. The maximum absolute atomic E-state index is 6.38. The molecule has 0 saturated carbocycles. The Kier molecular flexibility index (Phi) is 5.75. The second-order valence-electron chi connectivity index (χ2n) is 6.37. The summed E-state index contributed by atoms with van der Waals surface area (Å²) in [6.45, 7) is 4.36. The number of rotatable bonds is 3. The van der Waals surface area contributed by atoms with E-state index in [0.717, 1.165) is 38.5 Å². The first-order valence-corrected chi connectivity index (χ1v) is 9.08. The molecule has 3 aromatic carbocycles.